The number of furan rings is 1. The Morgan fingerprint density at radius 2 is 0.911 bits per heavy atom. The Morgan fingerprint density at radius 3 is 1.68 bits per heavy atom. The summed E-state index contributed by atoms with van der Waals surface area (Å²) in [6.07, 6.45) is 0. The molecular formula is C55H36O. The van der Waals surface area contributed by atoms with Gasteiger partial charge in [0.2, 0.25) is 0 Å². The summed E-state index contributed by atoms with van der Waals surface area (Å²) in [5, 5.41) is 12.2. The molecule has 1 aliphatic rings. The van der Waals surface area contributed by atoms with Gasteiger partial charge >= 0.3 is 0 Å². The average Bonchev–Trinajstić information content (AvgIpc) is 3.72. The second-order valence-electron chi connectivity index (χ2n) is 16.0. The molecule has 0 atom stereocenters. The van der Waals surface area contributed by atoms with E-state index in [4.69, 9.17) is 4.42 Å². The van der Waals surface area contributed by atoms with Crippen molar-refractivity contribution in [3.05, 3.63) is 193 Å². The van der Waals surface area contributed by atoms with Gasteiger partial charge in [-0.25, -0.2) is 0 Å². The molecule has 0 unspecified atom stereocenters. The number of hydrogen-bond donors (Lipinski definition) is 0. The molecule has 0 saturated carbocycles. The Kier molecular flexibility index (Phi) is 6.46. The lowest BCUT2D eigenvalue weighted by atomic mass is 9.82. The van der Waals surface area contributed by atoms with E-state index in [1.165, 1.54) is 98.7 Å². The van der Waals surface area contributed by atoms with Crippen molar-refractivity contribution < 1.29 is 4.42 Å². The molecule has 0 spiro atoms. The molecular weight excluding hydrogens is 677 g/mol. The van der Waals surface area contributed by atoms with Crippen LogP contribution in [-0.4, -0.2) is 0 Å². The molecule has 262 valence electrons. The third kappa shape index (κ3) is 4.31. The zero-order chi connectivity index (χ0) is 37.1. The highest BCUT2D eigenvalue weighted by atomic mass is 16.3. The molecule has 0 radical (unpaired) electrons. The van der Waals surface area contributed by atoms with Gasteiger partial charge in [0.25, 0.3) is 0 Å². The number of fused-ring (bicyclic) bond motifs is 11. The average molecular weight is 713 g/mol. The van der Waals surface area contributed by atoms with Crippen LogP contribution in [-0.2, 0) is 5.41 Å². The first-order valence-corrected chi connectivity index (χ1v) is 19.6. The lowest BCUT2D eigenvalue weighted by Gasteiger charge is -2.21. The van der Waals surface area contributed by atoms with Crippen molar-refractivity contribution in [1.29, 1.82) is 0 Å². The standard InChI is InChI=1S/C55H36O/c1-55(2)49-28-12-11-21-38(49)46-32-51-47(31-50(46)55)48-30-45(37-20-5-10-26-44(37)54(48)56-51)34-17-13-18-35(29-34)52-40-22-6-8-24-42(40)53(43-25-9-7-23-41(43)52)39-27-14-16-33-15-3-4-19-36(33)39/h3-32H,1-2H3. The molecule has 0 aliphatic heterocycles. The highest BCUT2D eigenvalue weighted by molar-refractivity contribution is 6.24. The smallest absolute Gasteiger partial charge is 0.143 e. The molecule has 1 heterocycles. The van der Waals surface area contributed by atoms with E-state index >= 15 is 0 Å². The van der Waals surface area contributed by atoms with Crippen LogP contribution in [0.2, 0.25) is 0 Å². The van der Waals surface area contributed by atoms with E-state index in [0.717, 1.165) is 21.9 Å². The topological polar surface area (TPSA) is 13.1 Å². The molecule has 1 nitrogen and oxygen atoms in total. The van der Waals surface area contributed by atoms with Gasteiger partial charge in [-0.1, -0.05) is 172 Å². The van der Waals surface area contributed by atoms with Crippen LogP contribution in [0.15, 0.2) is 186 Å². The SMILES string of the molecule is CC1(C)c2ccccc2-c2cc3oc4c5ccccc5c(-c5cccc(-c6c7ccccc7c(-c7cccc8ccccc78)c7ccccc67)c5)cc4c3cc21. The van der Waals surface area contributed by atoms with Gasteiger partial charge in [0.15, 0.2) is 0 Å². The van der Waals surface area contributed by atoms with Gasteiger partial charge in [-0.05, 0) is 118 Å². The Bertz CT molecular complexity index is 3390. The zero-order valence-electron chi connectivity index (χ0n) is 31.2. The highest BCUT2D eigenvalue weighted by Crippen LogP contribution is 2.52. The first-order chi connectivity index (χ1) is 27.5. The minimum atomic E-state index is -0.0908. The third-order valence-corrected chi connectivity index (χ3v) is 12.6. The summed E-state index contributed by atoms with van der Waals surface area (Å²) in [5.41, 5.74) is 14.5. The first-order valence-electron chi connectivity index (χ1n) is 19.6. The Balaban J connectivity index is 1.10. The minimum absolute atomic E-state index is 0.0908. The van der Waals surface area contributed by atoms with Crippen molar-refractivity contribution in [3.8, 4) is 44.5 Å². The lowest BCUT2D eigenvalue weighted by Crippen LogP contribution is -2.14. The summed E-state index contributed by atoms with van der Waals surface area (Å²) in [6, 6.07) is 67.2. The van der Waals surface area contributed by atoms with Crippen LogP contribution >= 0.6 is 0 Å². The summed E-state index contributed by atoms with van der Waals surface area (Å²) in [6.45, 7) is 4.69. The van der Waals surface area contributed by atoms with Gasteiger partial charge in [-0.15, -0.1) is 0 Å². The van der Waals surface area contributed by atoms with Gasteiger partial charge in [-0.3, -0.25) is 0 Å². The Morgan fingerprint density at radius 1 is 0.339 bits per heavy atom. The maximum atomic E-state index is 6.83. The van der Waals surface area contributed by atoms with E-state index in [0.29, 0.717) is 0 Å². The maximum absolute atomic E-state index is 6.83. The number of benzene rings is 10. The second-order valence-corrected chi connectivity index (χ2v) is 16.0. The molecule has 0 N–H and O–H groups in total. The predicted molar refractivity (Wildman–Crippen MR) is 238 cm³/mol. The fourth-order valence-electron chi connectivity index (χ4n) is 10.0. The van der Waals surface area contributed by atoms with E-state index < -0.39 is 0 Å². The van der Waals surface area contributed by atoms with Crippen LogP contribution in [0.3, 0.4) is 0 Å². The monoisotopic (exact) mass is 712 g/mol. The number of rotatable bonds is 3. The van der Waals surface area contributed by atoms with Crippen molar-refractivity contribution in [2.45, 2.75) is 19.3 Å². The number of hydrogen-bond acceptors (Lipinski definition) is 1. The summed E-state index contributed by atoms with van der Waals surface area (Å²) < 4.78 is 6.83. The molecule has 1 aromatic heterocycles. The van der Waals surface area contributed by atoms with Crippen LogP contribution in [0.1, 0.15) is 25.0 Å². The molecule has 0 saturated heterocycles. The van der Waals surface area contributed by atoms with Crippen molar-refractivity contribution in [1.82, 2.24) is 0 Å². The highest BCUT2D eigenvalue weighted by Gasteiger charge is 2.36. The van der Waals surface area contributed by atoms with Crippen molar-refractivity contribution in [3.63, 3.8) is 0 Å². The van der Waals surface area contributed by atoms with Gasteiger partial charge in [0.1, 0.15) is 11.2 Å². The first kappa shape index (κ1) is 31.4. The van der Waals surface area contributed by atoms with Crippen LogP contribution in [0.25, 0.3) is 110 Å². The van der Waals surface area contributed by atoms with Gasteiger partial charge in [-0.2, -0.15) is 0 Å². The normalized spacial score (nSPS) is 13.3. The van der Waals surface area contributed by atoms with Gasteiger partial charge in [0, 0.05) is 21.6 Å². The fraction of sp³-hybridized carbons (Fsp3) is 0.0545. The molecule has 1 aliphatic carbocycles. The van der Waals surface area contributed by atoms with E-state index in [1.807, 2.05) is 0 Å². The fourth-order valence-corrected chi connectivity index (χ4v) is 10.0. The molecule has 10 aromatic carbocycles. The third-order valence-electron chi connectivity index (χ3n) is 12.6. The lowest BCUT2D eigenvalue weighted by molar-refractivity contribution is 0.658. The summed E-state index contributed by atoms with van der Waals surface area (Å²) in [7, 11) is 0. The van der Waals surface area contributed by atoms with Crippen LogP contribution in [0, 0.1) is 0 Å². The largest absolute Gasteiger partial charge is 0.455 e. The Labute approximate surface area is 325 Å². The summed E-state index contributed by atoms with van der Waals surface area (Å²) >= 11 is 0. The zero-order valence-corrected chi connectivity index (χ0v) is 31.2. The van der Waals surface area contributed by atoms with Gasteiger partial charge in [0.05, 0.1) is 0 Å². The van der Waals surface area contributed by atoms with E-state index in [1.54, 1.807) is 0 Å². The van der Waals surface area contributed by atoms with E-state index in [-0.39, 0.29) is 5.41 Å². The quantitative estimate of drug-likeness (QED) is 0.166. The minimum Gasteiger partial charge on any atom is -0.455 e. The van der Waals surface area contributed by atoms with Gasteiger partial charge < -0.3 is 4.42 Å². The molecule has 12 rings (SSSR count). The Hall–Kier alpha value is -6.96. The van der Waals surface area contributed by atoms with E-state index in [2.05, 4.69) is 196 Å². The van der Waals surface area contributed by atoms with Crippen LogP contribution in [0.5, 0.6) is 0 Å². The summed E-state index contributed by atoms with van der Waals surface area (Å²) in [4.78, 5) is 0. The predicted octanol–water partition coefficient (Wildman–Crippen LogP) is 15.5. The molecule has 0 fully saturated rings. The van der Waals surface area contributed by atoms with Crippen LogP contribution < -0.4 is 0 Å². The molecule has 56 heavy (non-hydrogen) atoms. The van der Waals surface area contributed by atoms with Crippen molar-refractivity contribution in [2.24, 2.45) is 0 Å². The molecule has 11 aromatic rings. The molecule has 1 heteroatoms. The molecule has 0 bridgehead atoms. The van der Waals surface area contributed by atoms with Crippen molar-refractivity contribution in [2.75, 3.05) is 0 Å². The second kappa shape index (κ2) is 11.5. The maximum Gasteiger partial charge on any atom is 0.143 e. The van der Waals surface area contributed by atoms with Crippen molar-refractivity contribution >= 4 is 65.0 Å². The van der Waals surface area contributed by atoms with Crippen LogP contribution in [0.4, 0.5) is 0 Å². The molecule has 0 amide bonds. The van der Waals surface area contributed by atoms with E-state index in [9.17, 15) is 0 Å². The summed E-state index contributed by atoms with van der Waals surface area (Å²) in [5.74, 6) is 0.